The van der Waals surface area contributed by atoms with Crippen molar-refractivity contribution in [2.24, 2.45) is 0 Å². The Morgan fingerprint density at radius 1 is 1.12 bits per heavy atom. The Labute approximate surface area is 198 Å². The summed E-state index contributed by atoms with van der Waals surface area (Å²) in [7, 11) is 0. The van der Waals surface area contributed by atoms with Gasteiger partial charge in [0.25, 0.3) is 5.91 Å². The molecule has 0 aliphatic rings. The van der Waals surface area contributed by atoms with Gasteiger partial charge in [0, 0.05) is 23.9 Å². The highest BCUT2D eigenvalue weighted by Crippen LogP contribution is 2.28. The zero-order valence-corrected chi connectivity index (χ0v) is 19.3. The summed E-state index contributed by atoms with van der Waals surface area (Å²) >= 11 is 3.55. The molecule has 164 valence electrons. The Kier molecular flexibility index (Phi) is 5.66. The fourth-order valence-corrected chi connectivity index (χ4v) is 3.96. The van der Waals surface area contributed by atoms with E-state index in [0.29, 0.717) is 17.8 Å². The van der Waals surface area contributed by atoms with Gasteiger partial charge in [-0.2, -0.15) is 9.61 Å². The molecule has 0 aliphatic heterocycles. The number of benzene rings is 2. The fourth-order valence-electron chi connectivity index (χ4n) is 3.61. The van der Waals surface area contributed by atoms with Crippen LogP contribution in [0.4, 0.5) is 11.5 Å². The highest BCUT2D eigenvalue weighted by Gasteiger charge is 2.13. The number of carbonyl (C=O) groups is 1. The van der Waals surface area contributed by atoms with Crippen LogP contribution in [0.25, 0.3) is 16.9 Å². The summed E-state index contributed by atoms with van der Waals surface area (Å²) in [5, 5.41) is 10.8. The van der Waals surface area contributed by atoms with Crippen molar-refractivity contribution in [2.75, 3.05) is 10.6 Å². The molecule has 2 N–H and O–H groups in total. The molecule has 0 radical (unpaired) electrons. The van der Waals surface area contributed by atoms with E-state index in [1.807, 2.05) is 42.5 Å². The maximum Gasteiger partial charge on any atom is 0.258 e. The predicted octanol–water partition coefficient (Wildman–Crippen LogP) is 5.92. The summed E-state index contributed by atoms with van der Waals surface area (Å²) in [5.41, 5.74) is 6.02. The topological polar surface area (TPSA) is 84.5 Å². The summed E-state index contributed by atoms with van der Waals surface area (Å²) in [6.45, 7) is 2.61. The molecule has 8 heteroatoms. The van der Waals surface area contributed by atoms with Gasteiger partial charge >= 0.3 is 0 Å². The molecular weight excluding hydrogens is 482 g/mol. The minimum atomic E-state index is -0.214. The SMILES string of the molecule is Cc1ccccc1-c1cc(NCc2cccc(NC(=O)c3ccoc3)c2)n2ncc(Br)c2n1. The van der Waals surface area contributed by atoms with Crippen LogP contribution in [-0.2, 0) is 6.54 Å². The van der Waals surface area contributed by atoms with E-state index in [4.69, 9.17) is 9.40 Å². The third kappa shape index (κ3) is 4.38. The van der Waals surface area contributed by atoms with Crippen molar-refractivity contribution in [1.29, 1.82) is 0 Å². The Hall–Kier alpha value is -3.91. The third-order valence-electron chi connectivity index (χ3n) is 5.29. The summed E-state index contributed by atoms with van der Waals surface area (Å²) in [6, 6.07) is 19.5. The number of rotatable bonds is 6. The monoisotopic (exact) mass is 501 g/mol. The summed E-state index contributed by atoms with van der Waals surface area (Å²) in [5.74, 6) is 0.603. The van der Waals surface area contributed by atoms with Crippen LogP contribution in [0.15, 0.2) is 88.3 Å². The van der Waals surface area contributed by atoms with Crippen LogP contribution in [0.5, 0.6) is 0 Å². The van der Waals surface area contributed by atoms with Gasteiger partial charge in [0.1, 0.15) is 12.1 Å². The quantitative estimate of drug-likeness (QED) is 0.301. The van der Waals surface area contributed by atoms with E-state index in [-0.39, 0.29) is 5.91 Å². The van der Waals surface area contributed by atoms with Crippen molar-refractivity contribution in [2.45, 2.75) is 13.5 Å². The number of furan rings is 1. The van der Waals surface area contributed by atoms with E-state index < -0.39 is 0 Å². The lowest BCUT2D eigenvalue weighted by atomic mass is 10.1. The van der Waals surface area contributed by atoms with Gasteiger partial charge in [-0.3, -0.25) is 4.79 Å². The number of amides is 1. The zero-order chi connectivity index (χ0) is 22.8. The molecule has 33 heavy (non-hydrogen) atoms. The first-order valence-corrected chi connectivity index (χ1v) is 11.1. The molecule has 5 rings (SSSR count). The van der Waals surface area contributed by atoms with Crippen molar-refractivity contribution in [3.8, 4) is 11.3 Å². The average molecular weight is 502 g/mol. The molecular formula is C25H20BrN5O2. The Balaban J connectivity index is 1.41. The predicted molar refractivity (Wildman–Crippen MR) is 131 cm³/mol. The normalized spacial score (nSPS) is 11.0. The van der Waals surface area contributed by atoms with Gasteiger partial charge in [0.15, 0.2) is 5.65 Å². The summed E-state index contributed by atoms with van der Waals surface area (Å²) < 4.78 is 7.58. The highest BCUT2D eigenvalue weighted by molar-refractivity contribution is 9.10. The first-order chi connectivity index (χ1) is 16.1. The molecule has 2 aromatic carbocycles. The molecule has 0 saturated carbocycles. The number of hydrogen-bond donors (Lipinski definition) is 2. The molecule has 3 aromatic heterocycles. The third-order valence-corrected chi connectivity index (χ3v) is 5.85. The number of aryl methyl sites for hydroxylation is 1. The van der Waals surface area contributed by atoms with Gasteiger partial charge in [-0.1, -0.05) is 36.4 Å². The zero-order valence-electron chi connectivity index (χ0n) is 17.7. The lowest BCUT2D eigenvalue weighted by Gasteiger charge is -2.13. The maximum atomic E-state index is 12.3. The molecule has 0 bridgehead atoms. The van der Waals surface area contributed by atoms with Crippen molar-refractivity contribution < 1.29 is 9.21 Å². The number of nitrogens with zero attached hydrogens (tertiary/aromatic N) is 3. The number of anilines is 2. The maximum absolute atomic E-state index is 12.3. The molecule has 1 amide bonds. The number of hydrogen-bond acceptors (Lipinski definition) is 5. The number of fused-ring (bicyclic) bond motifs is 1. The molecule has 0 saturated heterocycles. The second-order valence-corrected chi connectivity index (χ2v) is 8.44. The minimum Gasteiger partial charge on any atom is -0.472 e. The summed E-state index contributed by atoms with van der Waals surface area (Å²) in [6.07, 6.45) is 4.63. The number of nitrogens with one attached hydrogen (secondary N) is 2. The minimum absolute atomic E-state index is 0.214. The van der Waals surface area contributed by atoms with E-state index in [9.17, 15) is 4.79 Å². The van der Waals surface area contributed by atoms with Crippen molar-refractivity contribution in [1.82, 2.24) is 14.6 Å². The lowest BCUT2D eigenvalue weighted by molar-refractivity contribution is 0.102. The molecule has 0 atom stereocenters. The fraction of sp³-hybridized carbons (Fsp3) is 0.0800. The Bertz CT molecular complexity index is 1440. The molecule has 5 aromatic rings. The van der Waals surface area contributed by atoms with Crippen molar-refractivity contribution in [3.63, 3.8) is 0 Å². The van der Waals surface area contributed by atoms with E-state index in [1.54, 1.807) is 16.8 Å². The molecule has 3 heterocycles. The van der Waals surface area contributed by atoms with Crippen LogP contribution in [0.2, 0.25) is 0 Å². The number of aromatic nitrogens is 3. The van der Waals surface area contributed by atoms with Crippen LogP contribution in [0, 0.1) is 6.92 Å². The second kappa shape index (κ2) is 8.91. The van der Waals surface area contributed by atoms with Gasteiger partial charge in [0.05, 0.1) is 28.2 Å². The average Bonchev–Trinajstić information content (AvgIpc) is 3.49. The van der Waals surface area contributed by atoms with Gasteiger partial charge in [-0.15, -0.1) is 0 Å². The van der Waals surface area contributed by atoms with Gasteiger partial charge < -0.3 is 15.1 Å². The molecule has 0 spiro atoms. The molecule has 0 unspecified atom stereocenters. The first-order valence-electron chi connectivity index (χ1n) is 10.3. The standard InChI is InChI=1S/C25H20BrN5O2/c1-16-5-2-3-8-20(16)22-12-23(31-24(30-22)21(26)14-28-31)27-13-17-6-4-7-19(11-17)29-25(32)18-9-10-33-15-18/h2-12,14-15,27H,13H2,1H3,(H,29,32). The Morgan fingerprint density at radius 3 is 2.82 bits per heavy atom. The molecule has 7 nitrogen and oxygen atoms in total. The van der Waals surface area contributed by atoms with Gasteiger partial charge in [-0.25, -0.2) is 4.98 Å². The van der Waals surface area contributed by atoms with Crippen LogP contribution in [-0.4, -0.2) is 20.5 Å². The van der Waals surface area contributed by atoms with Crippen LogP contribution in [0.1, 0.15) is 21.5 Å². The smallest absolute Gasteiger partial charge is 0.258 e. The van der Waals surface area contributed by atoms with Crippen molar-refractivity contribution in [3.05, 3.63) is 101 Å². The summed E-state index contributed by atoms with van der Waals surface area (Å²) in [4.78, 5) is 17.1. The first kappa shape index (κ1) is 21.0. The molecule has 0 aliphatic carbocycles. The van der Waals surface area contributed by atoms with Crippen LogP contribution < -0.4 is 10.6 Å². The van der Waals surface area contributed by atoms with E-state index in [1.165, 1.54) is 12.5 Å². The van der Waals surface area contributed by atoms with Gasteiger partial charge in [-0.05, 0) is 52.2 Å². The van der Waals surface area contributed by atoms with Crippen molar-refractivity contribution >= 4 is 39.0 Å². The Morgan fingerprint density at radius 2 is 2.00 bits per heavy atom. The van der Waals surface area contributed by atoms with E-state index in [0.717, 1.165) is 38.3 Å². The number of halogens is 1. The van der Waals surface area contributed by atoms with E-state index in [2.05, 4.69) is 50.7 Å². The van der Waals surface area contributed by atoms with Crippen LogP contribution >= 0.6 is 15.9 Å². The van der Waals surface area contributed by atoms with E-state index >= 15 is 0 Å². The molecule has 0 fully saturated rings. The van der Waals surface area contributed by atoms with Crippen LogP contribution in [0.3, 0.4) is 0 Å². The number of carbonyl (C=O) groups excluding carboxylic acids is 1. The highest BCUT2D eigenvalue weighted by atomic mass is 79.9. The lowest BCUT2D eigenvalue weighted by Crippen LogP contribution is -2.11. The largest absolute Gasteiger partial charge is 0.472 e. The second-order valence-electron chi connectivity index (χ2n) is 7.59. The van der Waals surface area contributed by atoms with Gasteiger partial charge in [0.2, 0.25) is 0 Å².